The van der Waals surface area contributed by atoms with Gasteiger partial charge in [0.15, 0.2) is 11.5 Å². The summed E-state index contributed by atoms with van der Waals surface area (Å²) in [7, 11) is 4.75. The summed E-state index contributed by atoms with van der Waals surface area (Å²) in [5.74, 6) is -0.574. The third-order valence-electron chi connectivity index (χ3n) is 6.06. The first kappa shape index (κ1) is 21.7. The maximum atomic E-state index is 10.7. The van der Waals surface area contributed by atoms with Gasteiger partial charge in [0.05, 0.1) is 27.9 Å². The molecule has 0 aliphatic heterocycles. The zero-order chi connectivity index (χ0) is 21.4. The van der Waals surface area contributed by atoms with E-state index in [-0.39, 0.29) is 16.9 Å². The molecule has 3 rings (SSSR count). The SMILES string of the molecule is CCC1(COC(O)(O)c2cc(OC)c3cc(OC)c(OC)c(C(C)C)c3c2)CC1. The van der Waals surface area contributed by atoms with Gasteiger partial charge in [0.25, 0.3) is 0 Å². The van der Waals surface area contributed by atoms with E-state index in [0.29, 0.717) is 23.9 Å². The van der Waals surface area contributed by atoms with Crippen LogP contribution in [0.25, 0.3) is 10.8 Å². The van der Waals surface area contributed by atoms with Crippen LogP contribution in [0.15, 0.2) is 18.2 Å². The molecule has 0 atom stereocenters. The summed E-state index contributed by atoms with van der Waals surface area (Å²) in [5.41, 5.74) is 1.20. The van der Waals surface area contributed by atoms with Crippen LogP contribution in [0.1, 0.15) is 57.1 Å². The Hall–Kier alpha value is -2.02. The molecule has 2 aromatic carbocycles. The molecule has 0 unspecified atom stereocenters. The van der Waals surface area contributed by atoms with Crippen molar-refractivity contribution in [2.75, 3.05) is 27.9 Å². The highest BCUT2D eigenvalue weighted by Gasteiger charge is 2.43. The van der Waals surface area contributed by atoms with Gasteiger partial charge in [-0.1, -0.05) is 20.8 Å². The standard InChI is InChI=1S/C23H32O6/c1-7-22(8-9-22)13-29-23(24,25)15-10-17-16(18(11-15)26-4)12-19(27-5)21(28-6)20(17)14(2)3/h10-12,14,24-25H,7-9,13H2,1-6H3. The van der Waals surface area contributed by atoms with Crippen LogP contribution in [0.3, 0.4) is 0 Å². The number of aliphatic hydroxyl groups is 2. The molecule has 2 N–H and O–H groups in total. The molecule has 29 heavy (non-hydrogen) atoms. The van der Waals surface area contributed by atoms with Crippen LogP contribution in [0.5, 0.6) is 17.2 Å². The third kappa shape index (κ3) is 4.02. The van der Waals surface area contributed by atoms with Gasteiger partial charge in [-0.3, -0.25) is 0 Å². The van der Waals surface area contributed by atoms with Crippen LogP contribution in [-0.2, 0) is 10.7 Å². The van der Waals surface area contributed by atoms with Crippen molar-refractivity contribution in [1.82, 2.24) is 0 Å². The van der Waals surface area contributed by atoms with Gasteiger partial charge >= 0.3 is 5.97 Å². The maximum absolute atomic E-state index is 10.7. The van der Waals surface area contributed by atoms with Gasteiger partial charge in [-0.05, 0) is 54.2 Å². The van der Waals surface area contributed by atoms with Gasteiger partial charge in [0.2, 0.25) is 0 Å². The number of hydrogen-bond acceptors (Lipinski definition) is 6. The smallest absolute Gasteiger partial charge is 0.307 e. The Morgan fingerprint density at radius 2 is 1.62 bits per heavy atom. The lowest BCUT2D eigenvalue weighted by Gasteiger charge is -2.27. The lowest BCUT2D eigenvalue weighted by molar-refractivity contribution is -0.355. The molecule has 1 fully saturated rings. The van der Waals surface area contributed by atoms with Crippen LogP contribution < -0.4 is 14.2 Å². The Morgan fingerprint density at radius 1 is 0.966 bits per heavy atom. The molecule has 0 heterocycles. The van der Waals surface area contributed by atoms with E-state index in [1.807, 2.05) is 6.07 Å². The first-order chi connectivity index (χ1) is 13.7. The minimum absolute atomic E-state index is 0.0668. The first-order valence-corrected chi connectivity index (χ1v) is 10.1. The molecule has 0 amide bonds. The maximum Gasteiger partial charge on any atom is 0.307 e. The van der Waals surface area contributed by atoms with Crippen LogP contribution in [0.4, 0.5) is 0 Å². The second-order valence-electron chi connectivity index (χ2n) is 8.20. The number of ether oxygens (including phenoxy) is 4. The fraction of sp³-hybridized carbons (Fsp3) is 0.565. The zero-order valence-electron chi connectivity index (χ0n) is 18.2. The lowest BCUT2D eigenvalue weighted by Crippen LogP contribution is -2.31. The molecule has 0 aromatic heterocycles. The Morgan fingerprint density at radius 3 is 2.10 bits per heavy atom. The van der Waals surface area contributed by atoms with E-state index in [1.54, 1.807) is 33.5 Å². The molecule has 160 valence electrons. The molecule has 1 saturated carbocycles. The van der Waals surface area contributed by atoms with Crippen molar-refractivity contribution in [2.45, 2.75) is 51.9 Å². The van der Waals surface area contributed by atoms with Crippen LogP contribution in [0.2, 0.25) is 0 Å². The highest BCUT2D eigenvalue weighted by atomic mass is 16.8. The lowest BCUT2D eigenvalue weighted by atomic mass is 9.92. The molecular formula is C23H32O6. The second kappa shape index (κ2) is 8.01. The van der Waals surface area contributed by atoms with Gasteiger partial charge in [0.1, 0.15) is 5.75 Å². The highest BCUT2D eigenvalue weighted by molar-refractivity contribution is 5.95. The minimum Gasteiger partial charge on any atom is -0.496 e. The molecule has 0 radical (unpaired) electrons. The molecule has 1 aliphatic rings. The number of hydrogen-bond donors (Lipinski definition) is 2. The van der Waals surface area contributed by atoms with E-state index < -0.39 is 5.97 Å². The molecule has 1 aliphatic carbocycles. The van der Waals surface area contributed by atoms with Crippen molar-refractivity contribution in [1.29, 1.82) is 0 Å². The summed E-state index contributed by atoms with van der Waals surface area (Å²) in [4.78, 5) is 0. The highest BCUT2D eigenvalue weighted by Crippen LogP contribution is 2.50. The third-order valence-corrected chi connectivity index (χ3v) is 6.06. The molecule has 0 saturated heterocycles. The first-order valence-electron chi connectivity index (χ1n) is 10.1. The van der Waals surface area contributed by atoms with Crippen molar-refractivity contribution in [2.24, 2.45) is 5.41 Å². The van der Waals surface area contributed by atoms with Crippen molar-refractivity contribution < 1.29 is 29.2 Å². The topological polar surface area (TPSA) is 77.4 Å². The summed E-state index contributed by atoms with van der Waals surface area (Å²) in [6.45, 7) is 6.51. The fourth-order valence-corrected chi connectivity index (χ4v) is 3.86. The minimum atomic E-state index is -2.41. The monoisotopic (exact) mass is 404 g/mol. The van der Waals surface area contributed by atoms with E-state index >= 15 is 0 Å². The number of methoxy groups -OCH3 is 3. The largest absolute Gasteiger partial charge is 0.496 e. The Labute approximate surface area is 172 Å². The zero-order valence-corrected chi connectivity index (χ0v) is 18.2. The van der Waals surface area contributed by atoms with Crippen molar-refractivity contribution >= 4 is 10.8 Å². The molecule has 2 aromatic rings. The Bertz CT molecular complexity index is 883. The van der Waals surface area contributed by atoms with Crippen LogP contribution in [-0.4, -0.2) is 38.1 Å². The molecule has 0 bridgehead atoms. The van der Waals surface area contributed by atoms with E-state index in [1.165, 1.54) is 0 Å². The predicted octanol–water partition coefficient (Wildman–Crippen LogP) is 4.29. The van der Waals surface area contributed by atoms with E-state index in [9.17, 15) is 10.2 Å². The number of rotatable bonds is 9. The molecule has 0 spiro atoms. The van der Waals surface area contributed by atoms with Gasteiger partial charge < -0.3 is 29.2 Å². The quantitative estimate of drug-likeness (QED) is 0.607. The van der Waals surface area contributed by atoms with Gasteiger partial charge in [-0.15, -0.1) is 0 Å². The summed E-state index contributed by atoms with van der Waals surface area (Å²) in [6.07, 6.45) is 3.06. The predicted molar refractivity (Wildman–Crippen MR) is 112 cm³/mol. The molecule has 6 nitrogen and oxygen atoms in total. The van der Waals surface area contributed by atoms with Crippen molar-refractivity contribution in [3.63, 3.8) is 0 Å². The van der Waals surface area contributed by atoms with E-state index in [2.05, 4.69) is 20.8 Å². The molecule has 6 heteroatoms. The number of fused-ring (bicyclic) bond motifs is 1. The van der Waals surface area contributed by atoms with Crippen molar-refractivity contribution in [3.8, 4) is 17.2 Å². The molecular weight excluding hydrogens is 372 g/mol. The van der Waals surface area contributed by atoms with Gasteiger partial charge in [-0.2, -0.15) is 0 Å². The van der Waals surface area contributed by atoms with E-state index in [0.717, 1.165) is 35.6 Å². The summed E-state index contributed by atoms with van der Waals surface area (Å²) in [6, 6.07) is 5.18. The average Bonchev–Trinajstić information content (AvgIpc) is 3.50. The average molecular weight is 405 g/mol. The van der Waals surface area contributed by atoms with Gasteiger partial charge in [0, 0.05) is 16.5 Å². The van der Waals surface area contributed by atoms with Crippen molar-refractivity contribution in [3.05, 3.63) is 29.3 Å². The fourth-order valence-electron chi connectivity index (χ4n) is 3.86. The normalized spacial score (nSPS) is 15.6. The van der Waals surface area contributed by atoms with Gasteiger partial charge in [-0.25, -0.2) is 0 Å². The summed E-state index contributed by atoms with van der Waals surface area (Å²) in [5, 5.41) is 23.1. The second-order valence-corrected chi connectivity index (χ2v) is 8.20. The van der Waals surface area contributed by atoms with Crippen LogP contribution >= 0.6 is 0 Å². The van der Waals surface area contributed by atoms with Crippen LogP contribution in [0, 0.1) is 5.41 Å². The summed E-state index contributed by atoms with van der Waals surface area (Å²) < 4.78 is 22.3. The Kier molecular flexibility index (Phi) is 5.99. The Balaban J connectivity index is 2.15. The number of benzene rings is 2. The summed E-state index contributed by atoms with van der Waals surface area (Å²) >= 11 is 0. The van der Waals surface area contributed by atoms with E-state index in [4.69, 9.17) is 18.9 Å².